The maximum atomic E-state index is 11.4. The lowest BCUT2D eigenvalue weighted by atomic mass is 10.3. The van der Waals surface area contributed by atoms with E-state index < -0.39 is 5.97 Å². The van der Waals surface area contributed by atoms with E-state index in [4.69, 9.17) is 28.9 Å². The third-order valence-corrected chi connectivity index (χ3v) is 3.07. The van der Waals surface area contributed by atoms with Gasteiger partial charge in [-0.3, -0.25) is 0 Å². The van der Waals surface area contributed by atoms with E-state index in [1.807, 2.05) is 0 Å². The number of aromatic nitrogens is 1. The number of ether oxygens (including phenoxy) is 1. The highest BCUT2D eigenvalue weighted by Crippen LogP contribution is 2.29. The van der Waals surface area contributed by atoms with Crippen LogP contribution < -0.4 is 11.1 Å². The number of nitrogens with one attached hydrogen (secondary N) is 1. The largest absolute Gasteiger partial charge is 0.464 e. The van der Waals surface area contributed by atoms with E-state index in [9.17, 15) is 4.79 Å². The number of nitrogen functional groups attached to an aromatic ring is 1. The molecule has 0 saturated heterocycles. The molecule has 0 aliphatic carbocycles. The van der Waals surface area contributed by atoms with Crippen LogP contribution in [-0.2, 0) is 4.74 Å². The Morgan fingerprint density at radius 2 is 2.05 bits per heavy atom. The van der Waals surface area contributed by atoms with E-state index >= 15 is 0 Å². The molecule has 0 atom stereocenters. The molecule has 3 N–H and O–H groups in total. The average Bonchev–Trinajstić information content (AvgIpc) is 2.44. The number of esters is 1. The van der Waals surface area contributed by atoms with E-state index in [2.05, 4.69) is 15.0 Å². The minimum atomic E-state index is -0.551. The number of benzene rings is 1. The molecule has 104 valence electrons. The minimum Gasteiger partial charge on any atom is -0.464 e. The van der Waals surface area contributed by atoms with E-state index in [0.717, 1.165) is 0 Å². The first-order valence-electron chi connectivity index (χ1n) is 5.58. The molecule has 0 radical (unpaired) electrons. The molecule has 0 bridgehead atoms. The molecule has 0 spiro atoms. The van der Waals surface area contributed by atoms with Crippen LogP contribution in [0.2, 0.25) is 10.0 Å². The van der Waals surface area contributed by atoms with Gasteiger partial charge in [0, 0.05) is 5.02 Å². The van der Waals surface area contributed by atoms with Crippen LogP contribution in [0.4, 0.5) is 17.2 Å². The Morgan fingerprint density at radius 3 is 2.75 bits per heavy atom. The van der Waals surface area contributed by atoms with Crippen molar-refractivity contribution in [1.82, 2.24) is 4.98 Å². The lowest BCUT2D eigenvalue weighted by Crippen LogP contribution is -2.08. The second-order valence-electron chi connectivity index (χ2n) is 3.88. The molecule has 2 rings (SSSR count). The highest BCUT2D eigenvalue weighted by molar-refractivity contribution is 6.35. The number of nitrogens with zero attached hydrogens (tertiary/aromatic N) is 1. The normalized spacial score (nSPS) is 10.2. The number of rotatable bonds is 3. The lowest BCUT2D eigenvalue weighted by molar-refractivity contribution is 0.0594. The highest BCUT2D eigenvalue weighted by Gasteiger charge is 2.11. The lowest BCUT2D eigenvalue weighted by Gasteiger charge is -2.11. The number of anilines is 3. The molecule has 0 aliphatic heterocycles. The number of hydrogen-bond acceptors (Lipinski definition) is 5. The van der Waals surface area contributed by atoms with Crippen LogP contribution in [0.1, 0.15) is 10.5 Å². The van der Waals surface area contributed by atoms with E-state index in [0.29, 0.717) is 27.2 Å². The van der Waals surface area contributed by atoms with Crippen LogP contribution in [0.15, 0.2) is 30.3 Å². The molecule has 0 aliphatic rings. The zero-order valence-electron chi connectivity index (χ0n) is 10.5. The van der Waals surface area contributed by atoms with Crippen LogP contribution in [0.5, 0.6) is 0 Å². The molecule has 2 aromatic rings. The number of hydrogen-bond donors (Lipinski definition) is 2. The number of nitrogens with two attached hydrogens (primary N) is 1. The quantitative estimate of drug-likeness (QED) is 0.848. The predicted octanol–water partition coefficient (Wildman–Crippen LogP) is 3.50. The van der Waals surface area contributed by atoms with Crippen molar-refractivity contribution in [3.8, 4) is 0 Å². The first kappa shape index (κ1) is 14.4. The number of carbonyl (C=O) groups is 1. The fourth-order valence-corrected chi connectivity index (χ4v) is 1.85. The molecule has 1 heterocycles. The SMILES string of the molecule is COC(=O)c1ccc(N)c(Nc2cc(Cl)ccc2Cl)n1. The van der Waals surface area contributed by atoms with Gasteiger partial charge in [0.1, 0.15) is 0 Å². The van der Waals surface area contributed by atoms with Crippen LogP contribution in [0.25, 0.3) is 0 Å². The third kappa shape index (κ3) is 3.12. The first-order chi connectivity index (χ1) is 9.51. The van der Waals surface area contributed by atoms with E-state index in [1.54, 1.807) is 24.3 Å². The Morgan fingerprint density at radius 1 is 1.30 bits per heavy atom. The smallest absolute Gasteiger partial charge is 0.356 e. The van der Waals surface area contributed by atoms with Gasteiger partial charge in [0.25, 0.3) is 0 Å². The van der Waals surface area contributed by atoms with Crippen LogP contribution in [0.3, 0.4) is 0 Å². The zero-order chi connectivity index (χ0) is 14.7. The van der Waals surface area contributed by atoms with E-state index in [-0.39, 0.29) is 5.69 Å². The number of carbonyl (C=O) groups excluding carboxylic acids is 1. The van der Waals surface area contributed by atoms with Gasteiger partial charge in [-0.2, -0.15) is 0 Å². The Balaban J connectivity index is 2.37. The Hall–Kier alpha value is -1.98. The third-order valence-electron chi connectivity index (χ3n) is 2.50. The Kier molecular flexibility index (Phi) is 4.32. The molecule has 0 fully saturated rings. The second kappa shape index (κ2) is 5.98. The number of pyridine rings is 1. The molecule has 0 saturated carbocycles. The minimum absolute atomic E-state index is 0.141. The van der Waals surface area contributed by atoms with Crippen molar-refractivity contribution < 1.29 is 9.53 Å². The fraction of sp³-hybridized carbons (Fsp3) is 0.0769. The summed E-state index contributed by atoms with van der Waals surface area (Å²) in [6, 6.07) is 7.98. The maximum Gasteiger partial charge on any atom is 0.356 e. The summed E-state index contributed by atoms with van der Waals surface area (Å²) in [5, 5.41) is 3.91. The topological polar surface area (TPSA) is 77.2 Å². The molecule has 7 heteroatoms. The van der Waals surface area contributed by atoms with Crippen molar-refractivity contribution in [3.05, 3.63) is 46.1 Å². The molecule has 0 amide bonds. The van der Waals surface area contributed by atoms with Gasteiger partial charge in [0.2, 0.25) is 0 Å². The van der Waals surface area contributed by atoms with Crippen molar-refractivity contribution in [1.29, 1.82) is 0 Å². The summed E-state index contributed by atoms with van der Waals surface area (Å²) in [6.45, 7) is 0. The summed E-state index contributed by atoms with van der Waals surface area (Å²) in [5.74, 6) is -0.248. The molecule has 5 nitrogen and oxygen atoms in total. The summed E-state index contributed by atoms with van der Waals surface area (Å²) in [6.07, 6.45) is 0. The molecule has 1 aromatic heterocycles. The maximum absolute atomic E-state index is 11.4. The summed E-state index contributed by atoms with van der Waals surface area (Å²) in [5.41, 5.74) is 6.87. The molecule has 20 heavy (non-hydrogen) atoms. The van der Waals surface area contributed by atoms with Gasteiger partial charge in [-0.15, -0.1) is 0 Å². The number of halogens is 2. The first-order valence-corrected chi connectivity index (χ1v) is 6.33. The standard InChI is InChI=1S/C13H11Cl2N3O2/c1-20-13(19)10-5-4-9(16)12(17-10)18-11-6-7(14)2-3-8(11)15/h2-6H,16H2,1H3,(H,17,18). The molecule has 1 aromatic carbocycles. The summed E-state index contributed by atoms with van der Waals surface area (Å²) in [7, 11) is 1.28. The average molecular weight is 312 g/mol. The van der Waals surface area contributed by atoms with Gasteiger partial charge >= 0.3 is 5.97 Å². The summed E-state index contributed by atoms with van der Waals surface area (Å²) >= 11 is 11.9. The van der Waals surface area contributed by atoms with Crippen molar-refractivity contribution in [2.75, 3.05) is 18.2 Å². The van der Waals surface area contributed by atoms with Gasteiger partial charge in [-0.05, 0) is 30.3 Å². The van der Waals surface area contributed by atoms with Gasteiger partial charge in [-0.1, -0.05) is 23.2 Å². The second-order valence-corrected chi connectivity index (χ2v) is 4.72. The highest BCUT2D eigenvalue weighted by atomic mass is 35.5. The summed E-state index contributed by atoms with van der Waals surface area (Å²) in [4.78, 5) is 15.5. The Labute approximate surface area is 125 Å². The monoisotopic (exact) mass is 311 g/mol. The molecule has 0 unspecified atom stereocenters. The molecular weight excluding hydrogens is 301 g/mol. The van der Waals surface area contributed by atoms with Gasteiger partial charge < -0.3 is 15.8 Å². The van der Waals surface area contributed by atoms with E-state index in [1.165, 1.54) is 13.2 Å². The van der Waals surface area contributed by atoms with Crippen LogP contribution in [-0.4, -0.2) is 18.1 Å². The molecular formula is C13H11Cl2N3O2. The van der Waals surface area contributed by atoms with Crippen molar-refractivity contribution in [2.24, 2.45) is 0 Å². The van der Waals surface area contributed by atoms with Crippen LogP contribution in [0, 0.1) is 0 Å². The zero-order valence-corrected chi connectivity index (χ0v) is 12.0. The van der Waals surface area contributed by atoms with Crippen molar-refractivity contribution in [3.63, 3.8) is 0 Å². The fourth-order valence-electron chi connectivity index (χ4n) is 1.51. The van der Waals surface area contributed by atoms with Crippen molar-refractivity contribution in [2.45, 2.75) is 0 Å². The van der Waals surface area contributed by atoms with Gasteiger partial charge in [0.15, 0.2) is 11.5 Å². The number of methoxy groups -OCH3 is 1. The van der Waals surface area contributed by atoms with Crippen LogP contribution >= 0.6 is 23.2 Å². The Bertz CT molecular complexity index is 662. The van der Waals surface area contributed by atoms with Crippen molar-refractivity contribution >= 4 is 46.4 Å². The van der Waals surface area contributed by atoms with Gasteiger partial charge in [-0.25, -0.2) is 9.78 Å². The predicted molar refractivity (Wildman–Crippen MR) is 79.7 cm³/mol. The summed E-state index contributed by atoms with van der Waals surface area (Å²) < 4.78 is 4.61. The van der Waals surface area contributed by atoms with Gasteiger partial charge in [0.05, 0.1) is 23.5 Å².